The first kappa shape index (κ1) is 7.84. The lowest BCUT2D eigenvalue weighted by Crippen LogP contribution is -2.04. The molecule has 0 aromatic heterocycles. The second kappa shape index (κ2) is 4.54. The lowest BCUT2D eigenvalue weighted by molar-refractivity contribution is 0.361. The first-order valence-corrected chi connectivity index (χ1v) is 4.54. The summed E-state index contributed by atoms with van der Waals surface area (Å²) in [5, 5.41) is 0. The van der Waals surface area contributed by atoms with E-state index in [1.807, 2.05) is 0 Å². The molecule has 1 aliphatic carbocycles. The van der Waals surface area contributed by atoms with Crippen LogP contribution in [0.2, 0.25) is 0 Å². The summed E-state index contributed by atoms with van der Waals surface area (Å²) < 4.78 is 0. The van der Waals surface area contributed by atoms with Crippen molar-refractivity contribution in [1.82, 2.24) is 0 Å². The molecule has 0 atom stereocenters. The zero-order chi connectivity index (χ0) is 7.23. The van der Waals surface area contributed by atoms with Crippen molar-refractivity contribution in [3.05, 3.63) is 12.2 Å². The summed E-state index contributed by atoms with van der Waals surface area (Å²) in [5.41, 5.74) is 0. The van der Waals surface area contributed by atoms with Gasteiger partial charge >= 0.3 is 0 Å². The lowest BCUT2D eigenvalue weighted by atomic mass is 9.87. The molecular weight excluding hydrogens is 120 g/mol. The summed E-state index contributed by atoms with van der Waals surface area (Å²) in [6, 6.07) is 0. The van der Waals surface area contributed by atoms with Crippen LogP contribution in [-0.4, -0.2) is 0 Å². The van der Waals surface area contributed by atoms with Crippen molar-refractivity contribution in [2.24, 2.45) is 5.92 Å². The molecule has 0 spiro atoms. The van der Waals surface area contributed by atoms with E-state index >= 15 is 0 Å². The molecule has 0 saturated heterocycles. The molecule has 0 amide bonds. The summed E-state index contributed by atoms with van der Waals surface area (Å²) in [6.07, 6.45) is 13.2. The van der Waals surface area contributed by atoms with Crippen LogP contribution >= 0.6 is 0 Å². The summed E-state index contributed by atoms with van der Waals surface area (Å²) in [7, 11) is 0. The Labute approximate surface area is 64.3 Å². The largest absolute Gasteiger partial charge is 0.0917 e. The van der Waals surface area contributed by atoms with Crippen molar-refractivity contribution in [1.29, 1.82) is 0 Å². The van der Waals surface area contributed by atoms with E-state index in [1.54, 1.807) is 0 Å². The van der Waals surface area contributed by atoms with Crippen LogP contribution in [0, 0.1) is 5.92 Å². The van der Waals surface area contributed by atoms with Crippen molar-refractivity contribution in [3.8, 4) is 0 Å². The van der Waals surface area contributed by atoms with Gasteiger partial charge in [0.25, 0.3) is 0 Å². The average Bonchev–Trinajstić information content (AvgIpc) is 2.03. The summed E-state index contributed by atoms with van der Waals surface area (Å²) in [6.45, 7) is 2.11. The third-order valence-corrected chi connectivity index (χ3v) is 2.43. The van der Waals surface area contributed by atoms with Crippen LogP contribution in [0.25, 0.3) is 0 Å². The molecule has 1 rings (SSSR count). The van der Waals surface area contributed by atoms with Gasteiger partial charge in [0.2, 0.25) is 0 Å². The number of hydrogen-bond donors (Lipinski definition) is 0. The van der Waals surface area contributed by atoms with E-state index in [-0.39, 0.29) is 0 Å². The predicted octanol–water partition coefficient (Wildman–Crippen LogP) is 3.53. The molecule has 0 aromatic rings. The van der Waals surface area contributed by atoms with Gasteiger partial charge in [-0.3, -0.25) is 0 Å². The predicted molar refractivity (Wildman–Crippen MR) is 46.0 cm³/mol. The van der Waals surface area contributed by atoms with Gasteiger partial charge in [0.1, 0.15) is 0 Å². The highest BCUT2D eigenvalue weighted by Crippen LogP contribution is 2.26. The van der Waals surface area contributed by atoms with Crippen molar-refractivity contribution < 1.29 is 0 Å². The van der Waals surface area contributed by atoms with Crippen LogP contribution < -0.4 is 0 Å². The second-order valence-corrected chi connectivity index (χ2v) is 3.31. The van der Waals surface area contributed by atoms with E-state index in [0.717, 1.165) is 5.92 Å². The normalized spacial score (nSPS) is 22.1. The molecule has 1 fully saturated rings. The second-order valence-electron chi connectivity index (χ2n) is 3.31. The molecule has 0 radical (unpaired) electrons. The van der Waals surface area contributed by atoms with Crippen molar-refractivity contribution in [2.75, 3.05) is 0 Å². The molecule has 10 heavy (non-hydrogen) atoms. The number of rotatable bonds is 2. The van der Waals surface area contributed by atoms with Gasteiger partial charge in [-0.05, 0) is 19.3 Å². The highest BCUT2D eigenvalue weighted by atomic mass is 14.2. The van der Waals surface area contributed by atoms with Crippen molar-refractivity contribution in [2.45, 2.75) is 45.4 Å². The van der Waals surface area contributed by atoms with Crippen LogP contribution in [-0.2, 0) is 0 Å². The Morgan fingerprint density at radius 3 is 2.50 bits per heavy atom. The van der Waals surface area contributed by atoms with Crippen LogP contribution in [0.5, 0.6) is 0 Å². The van der Waals surface area contributed by atoms with E-state index in [4.69, 9.17) is 0 Å². The first-order chi connectivity index (χ1) is 4.93. The summed E-state index contributed by atoms with van der Waals surface area (Å²) >= 11 is 0. The molecule has 0 bridgehead atoms. The van der Waals surface area contributed by atoms with Crippen LogP contribution in [0.4, 0.5) is 0 Å². The molecule has 0 heterocycles. The third-order valence-electron chi connectivity index (χ3n) is 2.43. The fourth-order valence-electron chi connectivity index (χ4n) is 1.75. The van der Waals surface area contributed by atoms with Crippen LogP contribution in [0.3, 0.4) is 0 Å². The third kappa shape index (κ3) is 2.55. The molecule has 0 aromatic carbocycles. The van der Waals surface area contributed by atoms with Crippen molar-refractivity contribution >= 4 is 0 Å². The van der Waals surface area contributed by atoms with Crippen LogP contribution in [0.15, 0.2) is 12.2 Å². The van der Waals surface area contributed by atoms with E-state index in [2.05, 4.69) is 19.1 Å². The molecule has 0 nitrogen and oxygen atoms in total. The van der Waals surface area contributed by atoms with Gasteiger partial charge in [0.05, 0.1) is 0 Å². The Kier molecular flexibility index (Phi) is 3.56. The van der Waals surface area contributed by atoms with Gasteiger partial charge in [-0.15, -0.1) is 0 Å². The van der Waals surface area contributed by atoms with Gasteiger partial charge in [0, 0.05) is 0 Å². The highest BCUT2D eigenvalue weighted by Gasteiger charge is 2.10. The maximum Gasteiger partial charge on any atom is -0.0322 e. The molecule has 0 unspecified atom stereocenters. The Hall–Kier alpha value is -0.260. The zero-order valence-electron chi connectivity index (χ0n) is 6.97. The smallest absolute Gasteiger partial charge is 0.0322 e. The van der Waals surface area contributed by atoms with Crippen LogP contribution in [0.1, 0.15) is 45.4 Å². The highest BCUT2D eigenvalue weighted by molar-refractivity contribution is 4.81. The monoisotopic (exact) mass is 138 g/mol. The minimum Gasteiger partial charge on any atom is -0.0917 e. The molecule has 1 aliphatic rings. The van der Waals surface area contributed by atoms with E-state index in [0.29, 0.717) is 0 Å². The minimum atomic E-state index is 1.02. The SMILES string of the molecule is C/C=C/CC1CCCCC1. The van der Waals surface area contributed by atoms with Gasteiger partial charge in [-0.1, -0.05) is 44.3 Å². The zero-order valence-corrected chi connectivity index (χ0v) is 6.97. The lowest BCUT2D eigenvalue weighted by Gasteiger charge is -2.19. The standard InChI is InChI=1S/C10H18/c1-2-3-7-10-8-5-4-6-9-10/h2-3,10H,4-9H2,1H3/b3-2+. The number of allylic oxidation sites excluding steroid dienone is 2. The Balaban J connectivity index is 2.13. The quantitative estimate of drug-likeness (QED) is 0.512. The topological polar surface area (TPSA) is 0 Å². The molecule has 0 aliphatic heterocycles. The van der Waals surface area contributed by atoms with Gasteiger partial charge in [-0.2, -0.15) is 0 Å². The molecular formula is C10H18. The molecule has 58 valence electrons. The fourth-order valence-corrected chi connectivity index (χ4v) is 1.75. The van der Waals surface area contributed by atoms with E-state index in [9.17, 15) is 0 Å². The minimum absolute atomic E-state index is 1.02. The molecule has 0 N–H and O–H groups in total. The van der Waals surface area contributed by atoms with Gasteiger partial charge in [-0.25, -0.2) is 0 Å². The van der Waals surface area contributed by atoms with E-state index in [1.165, 1.54) is 38.5 Å². The maximum absolute atomic E-state index is 2.32. The Morgan fingerprint density at radius 2 is 1.90 bits per heavy atom. The average molecular weight is 138 g/mol. The van der Waals surface area contributed by atoms with Crippen molar-refractivity contribution in [3.63, 3.8) is 0 Å². The number of hydrogen-bond acceptors (Lipinski definition) is 0. The Morgan fingerprint density at radius 1 is 1.20 bits per heavy atom. The first-order valence-electron chi connectivity index (χ1n) is 4.54. The van der Waals surface area contributed by atoms with Gasteiger partial charge in [0.15, 0.2) is 0 Å². The molecule has 0 heteroatoms. The maximum atomic E-state index is 2.32. The Bertz CT molecular complexity index is 96.6. The molecule has 1 saturated carbocycles. The fraction of sp³-hybridized carbons (Fsp3) is 0.800. The summed E-state index contributed by atoms with van der Waals surface area (Å²) in [4.78, 5) is 0. The van der Waals surface area contributed by atoms with E-state index < -0.39 is 0 Å². The van der Waals surface area contributed by atoms with Gasteiger partial charge < -0.3 is 0 Å². The summed E-state index contributed by atoms with van der Waals surface area (Å²) in [5.74, 6) is 1.02.